The minimum absolute atomic E-state index is 0. The first-order chi connectivity index (χ1) is 7.77. The van der Waals surface area contributed by atoms with E-state index in [-0.39, 0.29) is 36.0 Å². The van der Waals surface area contributed by atoms with Crippen LogP contribution in [0.15, 0.2) is 54.6 Å². The molecule has 0 amide bonds. The molecule has 0 spiro atoms. The molecule has 3 heteroatoms. The van der Waals surface area contributed by atoms with Gasteiger partial charge in [-0.05, 0) is 16.7 Å². The van der Waals surface area contributed by atoms with Gasteiger partial charge < -0.3 is 5.11 Å². The maximum atomic E-state index is 10.8. The van der Waals surface area contributed by atoms with E-state index in [1.165, 1.54) is 0 Å². The van der Waals surface area contributed by atoms with E-state index in [0.29, 0.717) is 0 Å². The Kier molecular flexibility index (Phi) is 5.42. The fourth-order valence-corrected chi connectivity index (χ4v) is 1.74. The average Bonchev–Trinajstić information content (AvgIpc) is 2.30. The van der Waals surface area contributed by atoms with Crippen molar-refractivity contribution in [1.29, 1.82) is 0 Å². The Morgan fingerprint density at radius 3 is 2.18 bits per heavy atom. The van der Waals surface area contributed by atoms with Crippen molar-refractivity contribution in [3.05, 3.63) is 60.2 Å². The van der Waals surface area contributed by atoms with Gasteiger partial charge in [-0.1, -0.05) is 54.6 Å². The van der Waals surface area contributed by atoms with E-state index in [4.69, 9.17) is 5.11 Å². The first-order valence-electron chi connectivity index (χ1n) is 5.12. The molecule has 82 valence electrons. The first-order valence-corrected chi connectivity index (χ1v) is 5.12. The van der Waals surface area contributed by atoms with Crippen LogP contribution in [0.1, 0.15) is 5.56 Å². The number of carboxylic acid groups (broad SMARTS) is 1. The SMILES string of the molecule is O=C(O)Cc1ccccc1-c1ccccc1.[NaH]. The summed E-state index contributed by atoms with van der Waals surface area (Å²) in [7, 11) is 0. The Morgan fingerprint density at radius 2 is 1.53 bits per heavy atom. The standard InChI is InChI=1S/C14H12O2.Na.H/c15-14(16)10-12-8-4-5-9-13(12)11-6-2-1-3-7-11;;/h1-9H,10H2,(H,15,16);;. The number of hydrogen-bond donors (Lipinski definition) is 1. The summed E-state index contributed by atoms with van der Waals surface area (Å²) in [6.07, 6.45) is 0.0606. The summed E-state index contributed by atoms with van der Waals surface area (Å²) in [6, 6.07) is 17.4. The van der Waals surface area contributed by atoms with Crippen molar-refractivity contribution in [2.45, 2.75) is 6.42 Å². The Balaban J connectivity index is 0.00000144. The van der Waals surface area contributed by atoms with Crippen LogP contribution in [0.2, 0.25) is 0 Å². The summed E-state index contributed by atoms with van der Waals surface area (Å²) in [6.45, 7) is 0. The molecule has 0 bridgehead atoms. The van der Waals surface area contributed by atoms with Crippen molar-refractivity contribution in [2.75, 3.05) is 0 Å². The van der Waals surface area contributed by atoms with Gasteiger partial charge in [0.2, 0.25) is 0 Å². The predicted octanol–water partition coefficient (Wildman–Crippen LogP) is 2.33. The van der Waals surface area contributed by atoms with Gasteiger partial charge in [0.25, 0.3) is 0 Å². The van der Waals surface area contributed by atoms with E-state index >= 15 is 0 Å². The summed E-state index contributed by atoms with van der Waals surface area (Å²) in [5, 5.41) is 8.84. The second-order valence-corrected chi connectivity index (χ2v) is 3.59. The van der Waals surface area contributed by atoms with Crippen LogP contribution in [0.3, 0.4) is 0 Å². The van der Waals surface area contributed by atoms with E-state index in [1.807, 2.05) is 54.6 Å². The molecular formula is C14H13NaO2. The third kappa shape index (κ3) is 3.70. The molecule has 17 heavy (non-hydrogen) atoms. The van der Waals surface area contributed by atoms with E-state index in [1.54, 1.807) is 0 Å². The number of rotatable bonds is 3. The van der Waals surface area contributed by atoms with E-state index in [9.17, 15) is 4.79 Å². The van der Waals surface area contributed by atoms with Crippen LogP contribution < -0.4 is 0 Å². The van der Waals surface area contributed by atoms with Gasteiger partial charge in [0.05, 0.1) is 6.42 Å². The third-order valence-corrected chi connectivity index (χ3v) is 2.44. The molecule has 0 saturated carbocycles. The molecule has 0 fully saturated rings. The van der Waals surface area contributed by atoms with Crippen LogP contribution in [-0.4, -0.2) is 40.6 Å². The van der Waals surface area contributed by atoms with Gasteiger partial charge >= 0.3 is 35.5 Å². The maximum absolute atomic E-state index is 10.8. The zero-order valence-corrected chi connectivity index (χ0v) is 8.76. The Hall–Kier alpha value is -1.09. The van der Waals surface area contributed by atoms with Gasteiger partial charge in [0, 0.05) is 0 Å². The average molecular weight is 236 g/mol. The Morgan fingerprint density at radius 1 is 0.941 bits per heavy atom. The van der Waals surface area contributed by atoms with Crippen molar-refractivity contribution in [2.24, 2.45) is 0 Å². The molecule has 0 aliphatic rings. The van der Waals surface area contributed by atoms with E-state index in [0.717, 1.165) is 16.7 Å². The van der Waals surface area contributed by atoms with Crippen molar-refractivity contribution in [3.63, 3.8) is 0 Å². The van der Waals surface area contributed by atoms with E-state index in [2.05, 4.69) is 0 Å². The van der Waals surface area contributed by atoms with Gasteiger partial charge in [-0.15, -0.1) is 0 Å². The molecule has 2 nitrogen and oxygen atoms in total. The van der Waals surface area contributed by atoms with Crippen molar-refractivity contribution in [3.8, 4) is 11.1 Å². The molecule has 0 aliphatic carbocycles. The number of hydrogen-bond acceptors (Lipinski definition) is 1. The van der Waals surface area contributed by atoms with Crippen LogP contribution in [-0.2, 0) is 11.2 Å². The van der Waals surface area contributed by atoms with Gasteiger partial charge in [0.15, 0.2) is 0 Å². The van der Waals surface area contributed by atoms with Crippen LogP contribution in [0.4, 0.5) is 0 Å². The Bertz CT molecular complexity index is 495. The zero-order valence-electron chi connectivity index (χ0n) is 8.76. The van der Waals surface area contributed by atoms with Gasteiger partial charge in [0.1, 0.15) is 0 Å². The number of carboxylic acids is 1. The molecule has 1 N–H and O–H groups in total. The summed E-state index contributed by atoms with van der Waals surface area (Å²) in [5.41, 5.74) is 2.89. The topological polar surface area (TPSA) is 37.3 Å². The van der Waals surface area contributed by atoms with Crippen LogP contribution in [0.5, 0.6) is 0 Å². The summed E-state index contributed by atoms with van der Waals surface area (Å²) in [4.78, 5) is 10.8. The summed E-state index contributed by atoms with van der Waals surface area (Å²) < 4.78 is 0. The first kappa shape index (κ1) is 14.0. The summed E-state index contributed by atoms with van der Waals surface area (Å²) >= 11 is 0. The quantitative estimate of drug-likeness (QED) is 0.830. The second kappa shape index (κ2) is 6.60. The van der Waals surface area contributed by atoms with E-state index < -0.39 is 5.97 Å². The van der Waals surface area contributed by atoms with Gasteiger partial charge in [-0.3, -0.25) is 4.79 Å². The van der Waals surface area contributed by atoms with Crippen LogP contribution in [0.25, 0.3) is 11.1 Å². The molecule has 0 radical (unpaired) electrons. The fraction of sp³-hybridized carbons (Fsp3) is 0.0714. The zero-order chi connectivity index (χ0) is 11.4. The molecule has 2 aromatic rings. The van der Waals surface area contributed by atoms with Crippen LogP contribution >= 0.6 is 0 Å². The monoisotopic (exact) mass is 236 g/mol. The minimum atomic E-state index is -0.802. The predicted molar refractivity (Wildman–Crippen MR) is 70.4 cm³/mol. The number of benzene rings is 2. The molecule has 0 heterocycles. The molecular weight excluding hydrogens is 223 g/mol. The third-order valence-electron chi connectivity index (χ3n) is 2.44. The fourth-order valence-electron chi connectivity index (χ4n) is 1.74. The molecule has 0 unspecified atom stereocenters. The molecule has 0 saturated heterocycles. The van der Waals surface area contributed by atoms with Gasteiger partial charge in [-0.2, -0.15) is 0 Å². The van der Waals surface area contributed by atoms with Crippen molar-refractivity contribution >= 4 is 35.5 Å². The molecule has 2 aromatic carbocycles. The van der Waals surface area contributed by atoms with Gasteiger partial charge in [-0.25, -0.2) is 0 Å². The molecule has 0 atom stereocenters. The van der Waals surface area contributed by atoms with Crippen molar-refractivity contribution in [1.82, 2.24) is 0 Å². The Labute approximate surface area is 123 Å². The number of aliphatic carboxylic acids is 1. The molecule has 2 rings (SSSR count). The number of carbonyl (C=O) groups is 1. The molecule has 0 aliphatic heterocycles. The van der Waals surface area contributed by atoms with Crippen LogP contribution in [0, 0.1) is 0 Å². The normalized spacial score (nSPS) is 9.41. The van der Waals surface area contributed by atoms with Crippen molar-refractivity contribution < 1.29 is 9.90 Å². The molecule has 0 aromatic heterocycles. The second-order valence-electron chi connectivity index (χ2n) is 3.59. The summed E-state index contributed by atoms with van der Waals surface area (Å²) in [5.74, 6) is -0.802.